The zero-order chi connectivity index (χ0) is 12.6. The van der Waals surface area contributed by atoms with Gasteiger partial charge in [-0.05, 0) is 31.4 Å². The van der Waals surface area contributed by atoms with Crippen LogP contribution < -0.4 is 5.73 Å². The monoisotopic (exact) mass is 246 g/mol. The van der Waals surface area contributed by atoms with Crippen molar-refractivity contribution in [1.29, 1.82) is 0 Å². The van der Waals surface area contributed by atoms with Crippen molar-refractivity contribution < 1.29 is 9.15 Å². The molecular weight excluding hydrogens is 228 g/mol. The van der Waals surface area contributed by atoms with Crippen LogP contribution in [0.3, 0.4) is 0 Å². The van der Waals surface area contributed by atoms with Gasteiger partial charge in [-0.1, -0.05) is 12.1 Å². The molecule has 1 aromatic heterocycles. The van der Waals surface area contributed by atoms with E-state index < -0.39 is 0 Å². The van der Waals surface area contributed by atoms with E-state index in [0.717, 1.165) is 48.6 Å². The third kappa shape index (κ3) is 1.72. The highest BCUT2D eigenvalue weighted by atomic mass is 16.5. The molecule has 4 nitrogen and oxygen atoms in total. The van der Waals surface area contributed by atoms with Gasteiger partial charge in [-0.3, -0.25) is 0 Å². The third-order valence-corrected chi connectivity index (χ3v) is 3.92. The third-order valence-electron chi connectivity index (χ3n) is 3.92. The van der Waals surface area contributed by atoms with Crippen LogP contribution >= 0.6 is 0 Å². The number of hydrogen-bond donors (Lipinski definition) is 1. The highest BCUT2D eigenvalue weighted by Crippen LogP contribution is 2.35. The Morgan fingerprint density at radius 1 is 1.33 bits per heavy atom. The molecule has 0 spiro atoms. The predicted octanol–water partition coefficient (Wildman–Crippen LogP) is 2.14. The summed E-state index contributed by atoms with van der Waals surface area (Å²) in [5.74, 6) is 0.776. The molecule has 1 aromatic carbocycles. The Kier molecular flexibility index (Phi) is 2.84. The molecule has 0 radical (unpaired) electrons. The van der Waals surface area contributed by atoms with Crippen LogP contribution in [0.15, 0.2) is 22.6 Å². The topological polar surface area (TPSA) is 61.3 Å². The fraction of sp³-hybridized carbons (Fsp3) is 0.500. The second-order valence-corrected chi connectivity index (χ2v) is 5.04. The molecule has 96 valence electrons. The summed E-state index contributed by atoms with van der Waals surface area (Å²) in [7, 11) is 0. The van der Waals surface area contributed by atoms with Gasteiger partial charge >= 0.3 is 0 Å². The van der Waals surface area contributed by atoms with Gasteiger partial charge in [0.2, 0.25) is 5.89 Å². The Labute approximate surface area is 106 Å². The first kappa shape index (κ1) is 11.7. The fourth-order valence-corrected chi connectivity index (χ4v) is 2.58. The van der Waals surface area contributed by atoms with Crippen molar-refractivity contribution in [1.82, 2.24) is 4.98 Å². The first-order valence-electron chi connectivity index (χ1n) is 6.40. The zero-order valence-electron chi connectivity index (χ0n) is 10.6. The van der Waals surface area contributed by atoms with Gasteiger partial charge in [0.25, 0.3) is 0 Å². The molecule has 18 heavy (non-hydrogen) atoms. The highest BCUT2D eigenvalue weighted by Gasteiger charge is 2.38. The number of nitrogens with two attached hydrogens (primary N) is 1. The van der Waals surface area contributed by atoms with Crippen LogP contribution in [0.4, 0.5) is 0 Å². The standard InChI is InChI=1S/C14H18N2O2/c1-10-3-2-4-11-12(10)16-13(18-11)14(9-15)5-7-17-8-6-14/h2-4H,5-9,15H2,1H3. The molecule has 0 atom stereocenters. The molecule has 2 heterocycles. The number of benzene rings is 1. The number of hydrogen-bond acceptors (Lipinski definition) is 4. The van der Waals surface area contributed by atoms with Gasteiger partial charge in [0.1, 0.15) is 5.52 Å². The Hall–Kier alpha value is -1.39. The van der Waals surface area contributed by atoms with Crippen molar-refractivity contribution in [2.45, 2.75) is 25.2 Å². The minimum Gasteiger partial charge on any atom is -0.440 e. The molecule has 1 saturated heterocycles. The average Bonchev–Trinajstić information content (AvgIpc) is 2.85. The quantitative estimate of drug-likeness (QED) is 0.882. The van der Waals surface area contributed by atoms with Crippen LogP contribution in [0.1, 0.15) is 24.3 Å². The van der Waals surface area contributed by atoms with Gasteiger partial charge < -0.3 is 14.9 Å². The number of ether oxygens (including phenoxy) is 1. The highest BCUT2D eigenvalue weighted by molar-refractivity contribution is 5.76. The van der Waals surface area contributed by atoms with Gasteiger partial charge in [0, 0.05) is 19.8 Å². The summed E-state index contributed by atoms with van der Waals surface area (Å²) >= 11 is 0. The number of aromatic nitrogens is 1. The van der Waals surface area contributed by atoms with Crippen LogP contribution in [-0.2, 0) is 10.2 Å². The summed E-state index contributed by atoms with van der Waals surface area (Å²) in [5, 5.41) is 0. The van der Waals surface area contributed by atoms with Crippen LogP contribution in [0.25, 0.3) is 11.1 Å². The molecule has 0 bridgehead atoms. The molecule has 2 N–H and O–H groups in total. The number of nitrogens with zero attached hydrogens (tertiary/aromatic N) is 1. The fourth-order valence-electron chi connectivity index (χ4n) is 2.58. The molecule has 1 aliphatic heterocycles. The zero-order valence-corrected chi connectivity index (χ0v) is 10.6. The molecule has 0 aliphatic carbocycles. The van der Waals surface area contributed by atoms with Gasteiger partial charge in [-0.25, -0.2) is 4.98 Å². The summed E-state index contributed by atoms with van der Waals surface area (Å²) in [6, 6.07) is 6.00. The smallest absolute Gasteiger partial charge is 0.203 e. The van der Waals surface area contributed by atoms with E-state index in [1.165, 1.54) is 0 Å². The number of rotatable bonds is 2. The van der Waals surface area contributed by atoms with E-state index in [9.17, 15) is 0 Å². The van der Waals surface area contributed by atoms with Crippen LogP contribution in [0, 0.1) is 6.92 Å². The SMILES string of the molecule is Cc1cccc2oc(C3(CN)CCOCC3)nc12. The van der Waals surface area contributed by atoms with Crippen molar-refractivity contribution in [2.75, 3.05) is 19.8 Å². The maximum absolute atomic E-state index is 5.97. The van der Waals surface area contributed by atoms with Crippen molar-refractivity contribution in [3.8, 4) is 0 Å². The summed E-state index contributed by atoms with van der Waals surface area (Å²) < 4.78 is 11.4. The predicted molar refractivity (Wildman–Crippen MR) is 69.5 cm³/mol. The molecule has 0 saturated carbocycles. The Balaban J connectivity index is 2.09. The Morgan fingerprint density at radius 3 is 2.78 bits per heavy atom. The van der Waals surface area contributed by atoms with Crippen molar-refractivity contribution in [3.05, 3.63) is 29.7 Å². The Morgan fingerprint density at radius 2 is 2.11 bits per heavy atom. The van der Waals surface area contributed by atoms with Gasteiger partial charge in [-0.15, -0.1) is 0 Å². The van der Waals surface area contributed by atoms with Gasteiger partial charge in [-0.2, -0.15) is 0 Å². The average molecular weight is 246 g/mol. The second-order valence-electron chi connectivity index (χ2n) is 5.04. The molecule has 2 aromatic rings. The van der Waals surface area contributed by atoms with Crippen molar-refractivity contribution in [2.24, 2.45) is 5.73 Å². The molecule has 0 amide bonds. The minimum absolute atomic E-state index is 0.149. The second kappa shape index (κ2) is 4.37. The molecule has 3 rings (SSSR count). The summed E-state index contributed by atoms with van der Waals surface area (Å²) in [6.07, 6.45) is 1.77. The maximum Gasteiger partial charge on any atom is 0.203 e. The van der Waals surface area contributed by atoms with E-state index in [-0.39, 0.29) is 5.41 Å². The van der Waals surface area contributed by atoms with Crippen molar-refractivity contribution in [3.63, 3.8) is 0 Å². The first-order valence-corrected chi connectivity index (χ1v) is 6.40. The van der Waals surface area contributed by atoms with Gasteiger partial charge in [0.05, 0.1) is 5.41 Å². The van der Waals surface area contributed by atoms with Crippen LogP contribution in [-0.4, -0.2) is 24.7 Å². The summed E-state index contributed by atoms with van der Waals surface area (Å²) in [6.45, 7) is 4.07. The lowest BCUT2D eigenvalue weighted by Gasteiger charge is -2.32. The lowest BCUT2D eigenvalue weighted by atomic mass is 9.80. The van der Waals surface area contributed by atoms with E-state index in [4.69, 9.17) is 14.9 Å². The summed E-state index contributed by atoms with van der Waals surface area (Å²) in [5.41, 5.74) is 8.77. The Bertz CT molecular complexity index is 556. The lowest BCUT2D eigenvalue weighted by Crippen LogP contribution is -2.40. The van der Waals surface area contributed by atoms with Crippen molar-refractivity contribution >= 4 is 11.1 Å². The number of oxazole rings is 1. The van der Waals surface area contributed by atoms with E-state index in [0.29, 0.717) is 6.54 Å². The number of para-hydroxylation sites is 1. The molecule has 0 unspecified atom stereocenters. The first-order chi connectivity index (χ1) is 8.75. The minimum atomic E-state index is -0.149. The molecule has 4 heteroatoms. The number of aryl methyl sites for hydroxylation is 1. The largest absolute Gasteiger partial charge is 0.440 e. The number of fused-ring (bicyclic) bond motifs is 1. The van der Waals surface area contributed by atoms with E-state index in [1.807, 2.05) is 25.1 Å². The van der Waals surface area contributed by atoms with E-state index in [2.05, 4.69) is 4.98 Å². The van der Waals surface area contributed by atoms with E-state index >= 15 is 0 Å². The normalized spacial score (nSPS) is 19.2. The van der Waals surface area contributed by atoms with Crippen LogP contribution in [0.2, 0.25) is 0 Å². The van der Waals surface area contributed by atoms with Gasteiger partial charge in [0.15, 0.2) is 5.58 Å². The lowest BCUT2D eigenvalue weighted by molar-refractivity contribution is 0.0438. The maximum atomic E-state index is 5.97. The molecule has 1 fully saturated rings. The van der Waals surface area contributed by atoms with E-state index in [1.54, 1.807) is 0 Å². The van der Waals surface area contributed by atoms with Crippen LogP contribution in [0.5, 0.6) is 0 Å². The molecular formula is C14H18N2O2. The molecule has 1 aliphatic rings. The summed E-state index contributed by atoms with van der Waals surface area (Å²) in [4.78, 5) is 4.68.